The first kappa shape index (κ1) is 29.0. The van der Waals surface area contributed by atoms with Gasteiger partial charge < -0.3 is 38.4 Å². The third-order valence-electron chi connectivity index (χ3n) is 2.81. The summed E-state index contributed by atoms with van der Waals surface area (Å²) in [5, 5.41) is 18.7. The Morgan fingerprint density at radius 1 is 0.917 bits per heavy atom. The minimum atomic E-state index is -4.94. The quantitative estimate of drug-likeness (QED) is 0.308. The number of nitrogens with zero attached hydrogens (tertiary/aromatic N) is 1. The monoisotopic (exact) mass is 441 g/mol. The molecule has 1 heterocycles. The fourth-order valence-electron chi connectivity index (χ4n) is 1.79. The molecule has 0 atom stereocenters. The van der Waals surface area contributed by atoms with Crippen LogP contribution in [0.3, 0.4) is 0 Å². The van der Waals surface area contributed by atoms with E-state index in [1.165, 1.54) is 0 Å². The molecule has 13 heteroatoms. The van der Waals surface area contributed by atoms with Crippen molar-refractivity contribution in [3.05, 3.63) is 0 Å². The van der Waals surface area contributed by atoms with Crippen molar-refractivity contribution in [1.29, 1.82) is 0 Å². The van der Waals surface area contributed by atoms with Gasteiger partial charge in [-0.3, -0.25) is 4.79 Å². The van der Waals surface area contributed by atoms with Gasteiger partial charge in [0.1, 0.15) is 0 Å². The molecule has 1 aliphatic heterocycles. The Kier molecular flexibility index (Phi) is 21.8. The van der Waals surface area contributed by atoms with Crippen LogP contribution in [0, 0.1) is 10.2 Å². The summed E-state index contributed by atoms with van der Waals surface area (Å²) in [4.78, 5) is 12.8. The Morgan fingerprint density at radius 2 is 1.25 bits per heavy atom. The van der Waals surface area contributed by atoms with Crippen molar-refractivity contribution >= 4 is 5.97 Å². The Bertz CT molecular complexity index is 284. The van der Waals surface area contributed by atoms with E-state index in [2.05, 4.69) is 20.9 Å². The normalized spacial score (nSPS) is 17.7. The van der Waals surface area contributed by atoms with E-state index in [0.29, 0.717) is 6.54 Å². The van der Waals surface area contributed by atoms with Crippen LogP contribution < -0.4 is 47.0 Å². The molecule has 0 aromatic rings. The first-order valence-electron chi connectivity index (χ1n) is 6.97. The summed E-state index contributed by atoms with van der Waals surface area (Å²) in [6.07, 6.45) is 0.224. The number of carbonyl (C=O) groups is 1. The molecule has 149 valence electrons. The molecule has 0 aromatic heterocycles. The van der Waals surface area contributed by atoms with Crippen molar-refractivity contribution in [3.8, 4) is 0 Å². The van der Waals surface area contributed by atoms with E-state index in [-0.39, 0.29) is 35.9 Å². The molecule has 1 rings (SSSR count). The van der Waals surface area contributed by atoms with Gasteiger partial charge in [-0.25, -0.2) is 18.6 Å². The Balaban J connectivity index is -0.000000554. The summed E-state index contributed by atoms with van der Waals surface area (Å²) in [7, 11) is -4.94. The van der Waals surface area contributed by atoms with Crippen LogP contribution in [0.4, 0.5) is 0 Å². The molecule has 1 fully saturated rings. The molecular formula is C11H24Cl2CuN4O6. The summed E-state index contributed by atoms with van der Waals surface area (Å²) in [5.74, 6) is -0.721. The molecule has 0 aromatic carbocycles. The molecule has 10 nitrogen and oxygen atoms in total. The molecule has 0 saturated carbocycles. The number of halogens is 2. The fourth-order valence-corrected chi connectivity index (χ4v) is 1.79. The van der Waals surface area contributed by atoms with Gasteiger partial charge in [-0.05, 0) is 0 Å². The second-order valence-corrected chi connectivity index (χ2v) is 5.37. The molecule has 1 radical (unpaired) electrons. The summed E-state index contributed by atoms with van der Waals surface area (Å²) < 4.78 is 34.0. The molecule has 0 aliphatic carbocycles. The molecule has 0 spiro atoms. The zero-order valence-electron chi connectivity index (χ0n) is 13.1. The number of hydrogen-bond donors (Lipinski definition) is 4. The molecule has 0 amide bonds. The Labute approximate surface area is 160 Å². The fraction of sp³-hybridized carbons (Fsp3) is 0.909. The summed E-state index contributed by atoms with van der Waals surface area (Å²) in [6.45, 7) is 8.19. The maximum Gasteiger partial charge on any atom is 2.00 e. The smallest absolute Gasteiger partial charge is 1.00 e. The van der Waals surface area contributed by atoms with Crippen LogP contribution in [-0.4, -0.2) is 74.9 Å². The van der Waals surface area contributed by atoms with E-state index in [1.807, 2.05) is 0 Å². The maximum atomic E-state index is 10.6. The van der Waals surface area contributed by atoms with E-state index in [0.717, 1.165) is 52.4 Å². The van der Waals surface area contributed by atoms with Crippen molar-refractivity contribution in [2.45, 2.75) is 6.42 Å². The van der Waals surface area contributed by atoms with Crippen LogP contribution in [0.1, 0.15) is 6.42 Å². The Hall–Kier alpha value is 0.249. The van der Waals surface area contributed by atoms with E-state index in [4.69, 9.17) is 23.7 Å². The number of aliphatic carboxylic acids is 1. The second kappa shape index (κ2) is 18.1. The van der Waals surface area contributed by atoms with Crippen molar-refractivity contribution in [2.24, 2.45) is 0 Å². The third-order valence-corrected chi connectivity index (χ3v) is 2.81. The van der Waals surface area contributed by atoms with Crippen LogP contribution in [0.25, 0.3) is 0 Å². The topological polar surface area (TPSA) is 169 Å². The number of carboxylic acids is 1. The number of carboxylic acid groups (broad SMARTS) is 1. The van der Waals surface area contributed by atoms with Crippen molar-refractivity contribution in [2.75, 3.05) is 58.9 Å². The molecule has 0 bridgehead atoms. The van der Waals surface area contributed by atoms with Gasteiger partial charge in [-0.2, -0.15) is 0 Å². The minimum absolute atomic E-state index is 0. The molecule has 4 N–H and O–H groups in total. The van der Waals surface area contributed by atoms with E-state index >= 15 is 0 Å². The Morgan fingerprint density at radius 3 is 1.58 bits per heavy atom. The molecule has 1 saturated heterocycles. The summed E-state index contributed by atoms with van der Waals surface area (Å²) in [6, 6.07) is 0. The largest absolute Gasteiger partial charge is 2.00 e. The van der Waals surface area contributed by atoms with Gasteiger partial charge in [-0.1, -0.05) is 0 Å². The van der Waals surface area contributed by atoms with Crippen LogP contribution in [0.2, 0.25) is 0 Å². The predicted octanol–water partition coefficient (Wildman–Crippen LogP) is -9.21. The van der Waals surface area contributed by atoms with Gasteiger partial charge in [0.05, 0.1) is 6.42 Å². The molecule has 0 unspecified atom stereocenters. The molecular weight excluding hydrogens is 419 g/mol. The average molecular weight is 443 g/mol. The predicted molar refractivity (Wildman–Crippen MR) is 67.3 cm³/mol. The van der Waals surface area contributed by atoms with Gasteiger partial charge in [0, 0.05) is 58.9 Å². The first-order valence-corrected chi connectivity index (χ1v) is 8.20. The van der Waals surface area contributed by atoms with E-state index in [9.17, 15) is 4.79 Å². The second-order valence-electron chi connectivity index (χ2n) is 4.61. The molecule has 24 heavy (non-hydrogen) atoms. The van der Waals surface area contributed by atoms with Crippen molar-refractivity contribution < 1.29 is 68.3 Å². The maximum absolute atomic E-state index is 10.6. The minimum Gasteiger partial charge on any atom is -1.00 e. The summed E-state index contributed by atoms with van der Waals surface area (Å²) in [5.41, 5.74) is 0. The van der Waals surface area contributed by atoms with E-state index in [1.54, 1.807) is 0 Å². The third kappa shape index (κ3) is 27.1. The zero-order chi connectivity index (χ0) is 16.8. The standard InChI is InChI=1S/C11H24N4O2.ClHO4.ClH.Cu/c16-11(17)1-8-15-9-6-13-4-2-12-3-5-14-7-10-15;2-1(3,4)5;;/h12-14H,1-10H2,(H,16,17);(H,2,3,4,5);1H;/q;;;+2/p-2. The van der Waals surface area contributed by atoms with Gasteiger partial charge >= 0.3 is 23.0 Å². The zero-order valence-corrected chi connectivity index (χ0v) is 15.5. The first-order chi connectivity index (χ1) is 10.3. The van der Waals surface area contributed by atoms with Crippen LogP contribution in [0.15, 0.2) is 0 Å². The van der Waals surface area contributed by atoms with E-state index < -0.39 is 16.2 Å². The van der Waals surface area contributed by atoms with Crippen molar-refractivity contribution in [1.82, 2.24) is 20.9 Å². The SMILES string of the molecule is O=C(O)CCN1CCNCCNCCNCC1.[Cl-].[Cu+2].[O-][Cl+3]([O-])([O-])[O-]. The summed E-state index contributed by atoms with van der Waals surface area (Å²) >= 11 is 0. The van der Waals surface area contributed by atoms with Gasteiger partial charge in [-0.15, -0.1) is 10.2 Å². The van der Waals surface area contributed by atoms with Gasteiger partial charge in [0.2, 0.25) is 0 Å². The van der Waals surface area contributed by atoms with Crippen LogP contribution in [0.5, 0.6) is 0 Å². The van der Waals surface area contributed by atoms with Crippen LogP contribution in [-0.2, 0) is 21.9 Å². The molecule has 1 aliphatic rings. The van der Waals surface area contributed by atoms with Crippen molar-refractivity contribution in [3.63, 3.8) is 0 Å². The van der Waals surface area contributed by atoms with Crippen LogP contribution >= 0.6 is 0 Å². The number of rotatable bonds is 3. The average Bonchev–Trinajstić information content (AvgIpc) is 2.36. The number of hydrogen-bond acceptors (Lipinski definition) is 9. The van der Waals surface area contributed by atoms with Gasteiger partial charge in [0.25, 0.3) is 0 Å². The van der Waals surface area contributed by atoms with Gasteiger partial charge in [0.15, 0.2) is 0 Å². The number of nitrogens with one attached hydrogen (secondary N) is 3.